The third-order valence-electron chi connectivity index (χ3n) is 7.42. The molecule has 2 rings (SSSR count). The summed E-state index contributed by atoms with van der Waals surface area (Å²) in [5, 5.41) is 8.85. The lowest BCUT2D eigenvalue weighted by atomic mass is 9.91. The fourth-order valence-electron chi connectivity index (χ4n) is 5.29. The number of hydrogen-bond donors (Lipinski definition) is 0. The molecule has 6 heteroatoms. The number of hydrogen-bond acceptors (Lipinski definition) is 4. The van der Waals surface area contributed by atoms with E-state index in [9.17, 15) is 9.18 Å². The van der Waals surface area contributed by atoms with Crippen LogP contribution in [0.1, 0.15) is 87.1 Å². The Bertz CT molecular complexity index is 1340. The second-order valence-electron chi connectivity index (χ2n) is 11.3. The molecule has 0 aliphatic carbocycles. The summed E-state index contributed by atoms with van der Waals surface area (Å²) in [7, 11) is 0. The Hall–Kier alpha value is -3.98. The molecule has 238 valence electrons. The number of benzene rings is 1. The second kappa shape index (κ2) is 20.1. The summed E-state index contributed by atoms with van der Waals surface area (Å²) in [4.78, 5) is 21.1. The summed E-state index contributed by atoms with van der Waals surface area (Å²) in [5.41, 5.74) is 6.07. The lowest BCUT2D eigenvalue weighted by Gasteiger charge is -2.43. The summed E-state index contributed by atoms with van der Waals surface area (Å²) in [6.45, 7) is 24.0. The molecule has 1 saturated heterocycles. The van der Waals surface area contributed by atoms with Crippen LogP contribution in [0.5, 0.6) is 0 Å². The van der Waals surface area contributed by atoms with Crippen LogP contribution in [0, 0.1) is 23.1 Å². The maximum atomic E-state index is 14.7. The van der Waals surface area contributed by atoms with Gasteiger partial charge in [-0.2, -0.15) is 5.26 Å². The van der Waals surface area contributed by atoms with Crippen LogP contribution in [0.15, 0.2) is 94.8 Å². The highest BCUT2D eigenvalue weighted by molar-refractivity contribution is 6.12. The van der Waals surface area contributed by atoms with E-state index in [4.69, 9.17) is 5.26 Å². The standard InChI is InChI=1S/C25H34FN3O.C13H19N/c1-8-21(22-12-10-11-13-23(22)26)24(19(6)27-9-2)20(7)29-15-14-28(16-18(29)5)25(30)17(3)4;1-4-6-7-9-13(11-14)10-12(3)8-5-2/h8-13,17-18H,2,14-16H2,1,3-7H3;6-7,9-10H,4-5,8H2,1-3H3/b21-8-,24-20-,27-19?;7-6+,12-10+,13-9+. The number of carbonyl (C=O) groups excluding carboxylic acids is 1. The van der Waals surface area contributed by atoms with E-state index in [0.717, 1.165) is 53.9 Å². The highest BCUT2D eigenvalue weighted by atomic mass is 19.1. The minimum absolute atomic E-state index is 0.00592. The van der Waals surface area contributed by atoms with Crippen LogP contribution in [-0.4, -0.2) is 47.1 Å². The molecule has 1 fully saturated rings. The van der Waals surface area contributed by atoms with Gasteiger partial charge in [-0.15, -0.1) is 0 Å². The molecule has 0 N–H and O–H groups in total. The summed E-state index contributed by atoms with van der Waals surface area (Å²) >= 11 is 0. The largest absolute Gasteiger partial charge is 0.368 e. The highest BCUT2D eigenvalue weighted by Crippen LogP contribution is 2.31. The first-order chi connectivity index (χ1) is 21.0. The van der Waals surface area contributed by atoms with Crippen LogP contribution in [0.2, 0.25) is 0 Å². The molecule has 1 amide bonds. The summed E-state index contributed by atoms with van der Waals surface area (Å²) in [6.07, 6.45) is 14.5. The van der Waals surface area contributed by atoms with E-state index in [2.05, 4.69) is 57.2 Å². The molecule has 0 saturated carbocycles. The van der Waals surface area contributed by atoms with Crippen molar-refractivity contribution in [1.29, 1.82) is 5.26 Å². The van der Waals surface area contributed by atoms with Crippen molar-refractivity contribution in [3.63, 3.8) is 0 Å². The van der Waals surface area contributed by atoms with Crippen LogP contribution in [0.3, 0.4) is 0 Å². The van der Waals surface area contributed by atoms with E-state index in [1.807, 2.05) is 69.0 Å². The third kappa shape index (κ3) is 11.6. The minimum atomic E-state index is -0.261. The minimum Gasteiger partial charge on any atom is -0.368 e. The van der Waals surface area contributed by atoms with Gasteiger partial charge in [-0.3, -0.25) is 9.79 Å². The first-order valence-corrected chi connectivity index (χ1v) is 15.7. The quantitative estimate of drug-likeness (QED) is 0.144. The van der Waals surface area contributed by atoms with Crippen molar-refractivity contribution in [2.75, 3.05) is 19.6 Å². The molecule has 5 nitrogen and oxygen atoms in total. The van der Waals surface area contributed by atoms with Gasteiger partial charge in [0.25, 0.3) is 0 Å². The first-order valence-electron chi connectivity index (χ1n) is 15.7. The zero-order valence-corrected chi connectivity index (χ0v) is 28.5. The Labute approximate surface area is 266 Å². The van der Waals surface area contributed by atoms with Gasteiger partial charge >= 0.3 is 0 Å². The van der Waals surface area contributed by atoms with Crippen molar-refractivity contribution in [2.24, 2.45) is 10.9 Å². The lowest BCUT2D eigenvalue weighted by Crippen LogP contribution is -2.53. The van der Waals surface area contributed by atoms with Crippen molar-refractivity contribution < 1.29 is 9.18 Å². The summed E-state index contributed by atoms with van der Waals surface area (Å²) in [6, 6.07) is 9.13. The highest BCUT2D eigenvalue weighted by Gasteiger charge is 2.30. The number of rotatable bonds is 11. The zero-order chi connectivity index (χ0) is 33.2. The summed E-state index contributed by atoms with van der Waals surface area (Å²) < 4.78 is 14.7. The normalized spacial score (nSPS) is 17.3. The number of nitrogens with zero attached hydrogens (tertiary/aromatic N) is 4. The maximum absolute atomic E-state index is 14.7. The predicted octanol–water partition coefficient (Wildman–Crippen LogP) is 9.45. The molecule has 1 aliphatic heterocycles. The number of halogens is 1. The topological polar surface area (TPSA) is 59.7 Å². The average molecular weight is 601 g/mol. The van der Waals surface area contributed by atoms with Crippen molar-refractivity contribution in [2.45, 2.75) is 87.6 Å². The molecule has 1 aromatic rings. The van der Waals surface area contributed by atoms with Gasteiger partial charge in [0.2, 0.25) is 5.91 Å². The van der Waals surface area contributed by atoms with E-state index in [1.54, 1.807) is 12.1 Å². The molecule has 0 bridgehead atoms. The average Bonchev–Trinajstić information content (AvgIpc) is 2.99. The lowest BCUT2D eigenvalue weighted by molar-refractivity contribution is -0.136. The number of piperazine rings is 1. The third-order valence-corrected chi connectivity index (χ3v) is 7.42. The van der Waals surface area contributed by atoms with E-state index in [-0.39, 0.29) is 23.7 Å². The number of carbonyl (C=O) groups is 1. The molecule has 1 aromatic carbocycles. The monoisotopic (exact) mass is 600 g/mol. The van der Waals surface area contributed by atoms with Crippen molar-refractivity contribution in [3.05, 3.63) is 101 Å². The van der Waals surface area contributed by atoms with E-state index >= 15 is 0 Å². The van der Waals surface area contributed by atoms with Crippen LogP contribution in [0.4, 0.5) is 4.39 Å². The Morgan fingerprint density at radius 1 is 1.20 bits per heavy atom. The van der Waals surface area contributed by atoms with E-state index in [1.165, 1.54) is 17.8 Å². The summed E-state index contributed by atoms with van der Waals surface area (Å²) in [5.74, 6) is -0.0791. The molecule has 1 atom stereocenters. The van der Waals surface area contributed by atoms with Gasteiger partial charge in [-0.05, 0) is 71.3 Å². The van der Waals surface area contributed by atoms with Crippen molar-refractivity contribution in [3.8, 4) is 6.07 Å². The molecule has 0 spiro atoms. The van der Waals surface area contributed by atoms with Crippen LogP contribution in [0.25, 0.3) is 5.57 Å². The number of aliphatic imine (C=N–C) groups is 1. The smallest absolute Gasteiger partial charge is 0.225 e. The van der Waals surface area contributed by atoms with Crippen molar-refractivity contribution >= 4 is 17.2 Å². The predicted molar refractivity (Wildman–Crippen MR) is 185 cm³/mol. The van der Waals surface area contributed by atoms with Gasteiger partial charge in [0.05, 0.1) is 11.6 Å². The van der Waals surface area contributed by atoms with Gasteiger partial charge < -0.3 is 9.80 Å². The molecular weight excluding hydrogens is 547 g/mol. The number of nitriles is 1. The SMILES string of the molecule is C=CN=C(C)C(/C(=C\C)c1ccccc1F)=C(\C)N1CCN(C(=O)C(C)C)CC1C.CC/C=C/C=C(C#N)\C=C(/C)CCC. The molecular formula is C38H53FN4O. The molecule has 1 unspecified atom stereocenters. The van der Waals surface area contributed by atoms with Crippen LogP contribution < -0.4 is 0 Å². The Morgan fingerprint density at radius 2 is 1.89 bits per heavy atom. The molecule has 1 heterocycles. The second-order valence-corrected chi connectivity index (χ2v) is 11.3. The first kappa shape index (κ1) is 38.0. The zero-order valence-electron chi connectivity index (χ0n) is 28.5. The van der Waals surface area contributed by atoms with Gasteiger partial charge in [-0.1, -0.05) is 82.7 Å². The molecule has 44 heavy (non-hydrogen) atoms. The molecule has 0 radical (unpaired) electrons. The molecule has 0 aromatic heterocycles. The van der Waals surface area contributed by atoms with Gasteiger partial charge in [0.1, 0.15) is 5.82 Å². The Kier molecular flexibility index (Phi) is 17.3. The van der Waals surface area contributed by atoms with Gasteiger partial charge in [-0.25, -0.2) is 4.39 Å². The van der Waals surface area contributed by atoms with Gasteiger partial charge in [0.15, 0.2) is 0 Å². The maximum Gasteiger partial charge on any atom is 0.225 e. The van der Waals surface area contributed by atoms with Crippen LogP contribution >= 0.6 is 0 Å². The Balaban J connectivity index is 0.000000582. The molecule has 1 aliphatic rings. The number of amides is 1. The van der Waals surface area contributed by atoms with E-state index < -0.39 is 0 Å². The van der Waals surface area contributed by atoms with E-state index in [0.29, 0.717) is 18.7 Å². The van der Waals surface area contributed by atoms with Gasteiger partial charge in [0, 0.05) is 60.3 Å². The fourth-order valence-corrected chi connectivity index (χ4v) is 5.29. The number of allylic oxidation sites excluding steroid dienone is 10. The fraction of sp³-hybridized carbons (Fsp3) is 0.447. The van der Waals surface area contributed by atoms with Crippen LogP contribution in [-0.2, 0) is 4.79 Å². The Morgan fingerprint density at radius 3 is 2.41 bits per heavy atom. The van der Waals surface area contributed by atoms with Crippen molar-refractivity contribution in [1.82, 2.24) is 9.80 Å².